The first-order valence-corrected chi connectivity index (χ1v) is 8.17. The summed E-state index contributed by atoms with van der Waals surface area (Å²) in [5.41, 5.74) is 3.71. The Hall–Kier alpha value is -3.30. The molecular weight excluding hydrogens is 379 g/mol. The van der Waals surface area contributed by atoms with Gasteiger partial charge in [-0.3, -0.25) is 15.6 Å². The van der Waals surface area contributed by atoms with Gasteiger partial charge in [0.15, 0.2) is 5.82 Å². The summed E-state index contributed by atoms with van der Waals surface area (Å²) in [7, 11) is 1.51. The molecule has 28 heavy (non-hydrogen) atoms. The summed E-state index contributed by atoms with van der Waals surface area (Å²) in [6.07, 6.45) is -4.76. The molecule has 2 rings (SSSR count). The van der Waals surface area contributed by atoms with Gasteiger partial charge in [-0.15, -0.1) is 0 Å². The van der Waals surface area contributed by atoms with Crippen LogP contribution in [0, 0.1) is 0 Å². The number of ether oxygens (including phenoxy) is 2. The van der Waals surface area contributed by atoms with Crippen molar-refractivity contribution in [2.45, 2.75) is 19.5 Å². The quantitative estimate of drug-likeness (QED) is 0.552. The first kappa shape index (κ1) is 21.0. The lowest BCUT2D eigenvalue weighted by Crippen LogP contribution is -2.32. The van der Waals surface area contributed by atoms with E-state index in [9.17, 15) is 22.8 Å². The van der Waals surface area contributed by atoms with Gasteiger partial charge in [-0.1, -0.05) is 12.1 Å². The van der Waals surface area contributed by atoms with Crippen LogP contribution in [0.4, 0.5) is 19.0 Å². The highest BCUT2D eigenvalue weighted by molar-refractivity contribution is 5.95. The number of pyridine rings is 1. The maximum atomic E-state index is 12.9. The van der Waals surface area contributed by atoms with Crippen LogP contribution >= 0.6 is 0 Å². The van der Waals surface area contributed by atoms with Crippen LogP contribution in [0.3, 0.4) is 0 Å². The van der Waals surface area contributed by atoms with Gasteiger partial charge < -0.3 is 9.47 Å². The molecule has 0 fully saturated rings. The highest BCUT2D eigenvalue weighted by Gasteiger charge is 2.33. The third-order valence-corrected chi connectivity index (χ3v) is 3.53. The van der Waals surface area contributed by atoms with Gasteiger partial charge in [-0.2, -0.15) is 13.2 Å². The Morgan fingerprint density at radius 3 is 2.36 bits per heavy atom. The molecule has 150 valence electrons. The number of alkyl halides is 3. The summed E-state index contributed by atoms with van der Waals surface area (Å²) in [6, 6.07) is 8.28. The Kier molecular flexibility index (Phi) is 6.80. The first-order chi connectivity index (χ1) is 13.2. The minimum absolute atomic E-state index is 0.0309. The molecule has 1 amide bonds. The normalized spacial score (nSPS) is 10.9. The van der Waals surface area contributed by atoms with Crippen LogP contribution in [-0.2, 0) is 22.1 Å². The largest absolute Gasteiger partial charge is 0.497 e. The summed E-state index contributed by atoms with van der Waals surface area (Å²) >= 11 is 0. The third kappa shape index (κ3) is 5.60. The molecule has 0 saturated heterocycles. The van der Waals surface area contributed by atoms with Crippen molar-refractivity contribution in [2.75, 3.05) is 19.1 Å². The second-order valence-electron chi connectivity index (χ2n) is 5.51. The number of hydrogen-bond acceptors (Lipinski definition) is 6. The molecule has 0 bridgehead atoms. The van der Waals surface area contributed by atoms with E-state index in [0.717, 1.165) is 6.07 Å². The minimum atomic E-state index is -4.71. The summed E-state index contributed by atoms with van der Waals surface area (Å²) in [5.74, 6) is -1.25. The smallest absolute Gasteiger partial charge is 0.433 e. The van der Waals surface area contributed by atoms with Crippen molar-refractivity contribution in [3.8, 4) is 5.75 Å². The Bertz CT molecular complexity index is 839. The number of halogens is 3. The fourth-order valence-corrected chi connectivity index (χ4v) is 2.19. The molecule has 2 N–H and O–H groups in total. The number of rotatable bonds is 7. The summed E-state index contributed by atoms with van der Waals surface area (Å²) in [6.45, 7) is 1.59. The van der Waals surface area contributed by atoms with Gasteiger partial charge >= 0.3 is 12.1 Å². The van der Waals surface area contributed by atoms with E-state index in [1.54, 1.807) is 31.2 Å². The fraction of sp³-hybridized carbons (Fsp3) is 0.278. The van der Waals surface area contributed by atoms with Gasteiger partial charge in [0.2, 0.25) is 5.91 Å². The molecule has 0 atom stereocenters. The Balaban J connectivity index is 2.13. The molecule has 0 aliphatic rings. The van der Waals surface area contributed by atoms with Crippen LogP contribution in [0.5, 0.6) is 5.75 Å². The number of hydrazine groups is 1. The number of carbonyl (C=O) groups is 2. The molecule has 0 spiro atoms. The van der Waals surface area contributed by atoms with Gasteiger partial charge in [-0.05, 0) is 36.8 Å². The average Bonchev–Trinajstić information content (AvgIpc) is 2.66. The molecule has 0 unspecified atom stereocenters. The summed E-state index contributed by atoms with van der Waals surface area (Å²) < 4.78 is 48.5. The lowest BCUT2D eigenvalue weighted by molar-refractivity contribution is -0.141. The van der Waals surface area contributed by atoms with Crippen molar-refractivity contribution in [3.05, 3.63) is 53.2 Å². The van der Waals surface area contributed by atoms with E-state index in [2.05, 4.69) is 15.8 Å². The van der Waals surface area contributed by atoms with E-state index in [1.807, 2.05) is 0 Å². The molecule has 10 heteroatoms. The van der Waals surface area contributed by atoms with Crippen LogP contribution in [0.2, 0.25) is 0 Å². The second-order valence-corrected chi connectivity index (χ2v) is 5.51. The topological polar surface area (TPSA) is 89.5 Å². The Labute approximate surface area is 158 Å². The highest BCUT2D eigenvalue weighted by atomic mass is 19.4. The van der Waals surface area contributed by atoms with Crippen molar-refractivity contribution in [1.82, 2.24) is 10.4 Å². The van der Waals surface area contributed by atoms with E-state index < -0.39 is 29.6 Å². The van der Waals surface area contributed by atoms with Crippen LogP contribution in [-0.4, -0.2) is 30.6 Å². The van der Waals surface area contributed by atoms with E-state index in [0.29, 0.717) is 17.4 Å². The lowest BCUT2D eigenvalue weighted by Gasteiger charge is -2.14. The van der Waals surface area contributed by atoms with Gasteiger partial charge in [0.1, 0.15) is 17.0 Å². The molecule has 0 aliphatic heterocycles. The zero-order valence-corrected chi connectivity index (χ0v) is 15.1. The predicted molar refractivity (Wildman–Crippen MR) is 93.7 cm³/mol. The van der Waals surface area contributed by atoms with E-state index in [1.165, 1.54) is 7.11 Å². The number of benzene rings is 1. The standard InChI is InChI=1S/C18H18F3N3O4/c1-3-28-17(26)13-8-9-14(18(19,20)21)22-16(13)24-23-15(25)10-11-4-6-12(27-2)7-5-11/h4-9H,3,10H2,1-2H3,(H,22,24)(H,23,25). The van der Waals surface area contributed by atoms with Gasteiger partial charge in [-0.25, -0.2) is 9.78 Å². The average molecular weight is 397 g/mol. The SMILES string of the molecule is CCOC(=O)c1ccc(C(F)(F)F)nc1NNC(=O)Cc1ccc(OC)cc1. The zero-order chi connectivity index (χ0) is 20.7. The number of methoxy groups -OCH3 is 1. The molecule has 1 aromatic carbocycles. The Morgan fingerprint density at radius 2 is 1.79 bits per heavy atom. The number of esters is 1. The molecule has 1 aromatic heterocycles. The molecule has 0 saturated carbocycles. The maximum Gasteiger partial charge on any atom is 0.433 e. The number of carbonyl (C=O) groups excluding carboxylic acids is 2. The Morgan fingerprint density at radius 1 is 1.11 bits per heavy atom. The van der Waals surface area contributed by atoms with Crippen molar-refractivity contribution in [3.63, 3.8) is 0 Å². The number of hydrogen-bond donors (Lipinski definition) is 2. The lowest BCUT2D eigenvalue weighted by atomic mass is 10.1. The summed E-state index contributed by atoms with van der Waals surface area (Å²) in [4.78, 5) is 27.4. The van der Waals surface area contributed by atoms with Gasteiger partial charge in [0.05, 0.1) is 20.1 Å². The van der Waals surface area contributed by atoms with Gasteiger partial charge in [0.25, 0.3) is 0 Å². The second kappa shape index (κ2) is 9.07. The maximum absolute atomic E-state index is 12.9. The van der Waals surface area contributed by atoms with Crippen LogP contribution in [0.1, 0.15) is 28.5 Å². The number of nitrogens with zero attached hydrogens (tertiary/aromatic N) is 1. The van der Waals surface area contributed by atoms with Crippen LogP contribution in [0.25, 0.3) is 0 Å². The van der Waals surface area contributed by atoms with Crippen molar-refractivity contribution in [2.24, 2.45) is 0 Å². The molecular formula is C18H18F3N3O4. The summed E-state index contributed by atoms with van der Waals surface area (Å²) in [5, 5.41) is 0. The van der Waals surface area contributed by atoms with Crippen molar-refractivity contribution in [1.29, 1.82) is 0 Å². The van der Waals surface area contributed by atoms with Crippen LogP contribution in [0.15, 0.2) is 36.4 Å². The fourth-order valence-electron chi connectivity index (χ4n) is 2.19. The number of anilines is 1. The first-order valence-electron chi connectivity index (χ1n) is 8.17. The molecule has 0 radical (unpaired) electrons. The van der Waals surface area contributed by atoms with E-state index in [-0.39, 0.29) is 18.6 Å². The third-order valence-electron chi connectivity index (χ3n) is 3.53. The molecule has 0 aliphatic carbocycles. The van der Waals surface area contributed by atoms with Crippen molar-refractivity contribution < 1.29 is 32.2 Å². The predicted octanol–water partition coefficient (Wildman–Crippen LogP) is 2.97. The monoisotopic (exact) mass is 397 g/mol. The van der Waals surface area contributed by atoms with Crippen molar-refractivity contribution >= 4 is 17.7 Å². The highest BCUT2D eigenvalue weighted by Crippen LogP contribution is 2.29. The van der Waals surface area contributed by atoms with E-state index >= 15 is 0 Å². The number of amides is 1. The van der Waals surface area contributed by atoms with Gasteiger partial charge in [0, 0.05) is 0 Å². The number of nitrogens with one attached hydrogen (secondary N) is 2. The zero-order valence-electron chi connectivity index (χ0n) is 15.1. The minimum Gasteiger partial charge on any atom is -0.497 e. The molecule has 7 nitrogen and oxygen atoms in total. The molecule has 1 heterocycles. The molecule has 2 aromatic rings. The van der Waals surface area contributed by atoms with E-state index in [4.69, 9.17) is 9.47 Å². The van der Waals surface area contributed by atoms with Crippen LogP contribution < -0.4 is 15.6 Å². The number of aromatic nitrogens is 1.